The van der Waals surface area contributed by atoms with Gasteiger partial charge in [-0.05, 0) is 73.4 Å². The number of anilines is 1. The summed E-state index contributed by atoms with van der Waals surface area (Å²) in [6.07, 6.45) is 0.908. The molecule has 0 saturated heterocycles. The number of hydrogen-bond donors (Lipinski definition) is 0. The fourth-order valence-electron chi connectivity index (χ4n) is 4.64. The Balaban J connectivity index is 1.70. The number of amides is 1. The summed E-state index contributed by atoms with van der Waals surface area (Å²) in [7, 11) is 0. The molecule has 0 bridgehead atoms. The highest BCUT2D eigenvalue weighted by Crippen LogP contribution is 2.44. The minimum atomic E-state index is -0.740. The van der Waals surface area contributed by atoms with Crippen molar-refractivity contribution < 1.29 is 18.7 Å². The Hall–Kier alpha value is -3.29. The second-order valence-electron chi connectivity index (χ2n) is 9.54. The highest BCUT2D eigenvalue weighted by atomic mass is 79.9. The number of halogens is 2. The van der Waals surface area contributed by atoms with Crippen LogP contribution in [0.3, 0.4) is 0 Å². The van der Waals surface area contributed by atoms with Crippen LogP contribution in [0.15, 0.2) is 74.3 Å². The second kappa shape index (κ2) is 10.8. The van der Waals surface area contributed by atoms with Crippen molar-refractivity contribution in [3.63, 3.8) is 0 Å². The third-order valence-corrected chi connectivity index (χ3v) is 7.18. The van der Waals surface area contributed by atoms with E-state index in [0.29, 0.717) is 57.9 Å². The first kappa shape index (κ1) is 26.3. The van der Waals surface area contributed by atoms with Crippen molar-refractivity contribution in [2.75, 3.05) is 18.1 Å². The van der Waals surface area contributed by atoms with E-state index in [1.165, 1.54) is 0 Å². The third-order valence-electron chi connectivity index (χ3n) is 6.45. The van der Waals surface area contributed by atoms with Crippen LogP contribution in [0.1, 0.15) is 54.9 Å². The molecule has 1 amide bonds. The lowest BCUT2D eigenvalue weighted by atomic mass is 9.97. The minimum Gasteiger partial charge on any atom is -0.490 e. The molecule has 1 aromatic heterocycles. The van der Waals surface area contributed by atoms with Crippen LogP contribution in [-0.4, -0.2) is 19.1 Å². The van der Waals surface area contributed by atoms with Crippen molar-refractivity contribution in [2.45, 2.75) is 33.2 Å². The van der Waals surface area contributed by atoms with Gasteiger partial charge in [0.25, 0.3) is 5.91 Å². The molecule has 196 valence electrons. The SMILES string of the molecule is CCOc1cc(C2c3c(oc4ccc(Cl)cc4c3=O)C(=O)N2c2cccc(Br)c2)ccc1OCCC(C)C. The normalized spacial score (nSPS) is 14.8. The van der Waals surface area contributed by atoms with Crippen molar-refractivity contribution in [1.82, 2.24) is 0 Å². The molecular formula is C30H27BrClNO5. The van der Waals surface area contributed by atoms with E-state index in [1.807, 2.05) is 49.4 Å². The number of benzene rings is 3. The van der Waals surface area contributed by atoms with Crippen molar-refractivity contribution in [2.24, 2.45) is 5.92 Å². The van der Waals surface area contributed by atoms with Crippen LogP contribution in [0, 0.1) is 5.92 Å². The van der Waals surface area contributed by atoms with Crippen LogP contribution in [0.4, 0.5) is 5.69 Å². The van der Waals surface area contributed by atoms with E-state index >= 15 is 0 Å². The van der Waals surface area contributed by atoms with Gasteiger partial charge in [-0.25, -0.2) is 0 Å². The molecule has 0 aliphatic carbocycles. The van der Waals surface area contributed by atoms with Gasteiger partial charge in [0, 0.05) is 15.2 Å². The van der Waals surface area contributed by atoms with E-state index in [1.54, 1.807) is 23.1 Å². The Kier molecular flexibility index (Phi) is 7.50. The molecule has 1 aliphatic rings. The van der Waals surface area contributed by atoms with Gasteiger partial charge in [-0.1, -0.05) is 53.5 Å². The van der Waals surface area contributed by atoms with Gasteiger partial charge in [0.15, 0.2) is 16.9 Å². The van der Waals surface area contributed by atoms with Crippen molar-refractivity contribution >= 4 is 50.1 Å². The predicted molar refractivity (Wildman–Crippen MR) is 153 cm³/mol. The summed E-state index contributed by atoms with van der Waals surface area (Å²) in [5.41, 5.74) is 1.60. The van der Waals surface area contributed by atoms with Gasteiger partial charge >= 0.3 is 0 Å². The van der Waals surface area contributed by atoms with E-state index in [4.69, 9.17) is 25.5 Å². The molecule has 0 radical (unpaired) electrons. The van der Waals surface area contributed by atoms with E-state index < -0.39 is 11.9 Å². The number of hydrogen-bond acceptors (Lipinski definition) is 5. The first-order valence-electron chi connectivity index (χ1n) is 12.5. The number of carbonyl (C=O) groups excluding carboxylic acids is 1. The lowest BCUT2D eigenvalue weighted by Gasteiger charge is -2.26. The van der Waals surface area contributed by atoms with Crippen LogP contribution in [0.2, 0.25) is 5.02 Å². The average molecular weight is 597 g/mol. The van der Waals surface area contributed by atoms with Gasteiger partial charge in [-0.2, -0.15) is 0 Å². The van der Waals surface area contributed by atoms with Gasteiger partial charge in [0.05, 0.1) is 30.2 Å². The lowest BCUT2D eigenvalue weighted by molar-refractivity contribution is 0.0971. The predicted octanol–water partition coefficient (Wildman–Crippen LogP) is 7.78. The Labute approximate surface area is 234 Å². The Morgan fingerprint density at radius 3 is 2.58 bits per heavy atom. The minimum absolute atomic E-state index is 0.0185. The molecule has 0 spiro atoms. The van der Waals surface area contributed by atoms with E-state index in [2.05, 4.69) is 29.8 Å². The highest BCUT2D eigenvalue weighted by molar-refractivity contribution is 9.10. The van der Waals surface area contributed by atoms with Crippen molar-refractivity contribution in [3.8, 4) is 11.5 Å². The summed E-state index contributed by atoms with van der Waals surface area (Å²) in [5, 5.41) is 0.736. The number of nitrogens with zero attached hydrogens (tertiary/aromatic N) is 1. The zero-order valence-electron chi connectivity index (χ0n) is 21.3. The molecule has 4 aromatic rings. The quantitative estimate of drug-likeness (QED) is 0.208. The third kappa shape index (κ3) is 4.93. The van der Waals surface area contributed by atoms with Gasteiger partial charge in [-0.3, -0.25) is 14.5 Å². The zero-order valence-corrected chi connectivity index (χ0v) is 23.6. The van der Waals surface area contributed by atoms with Crippen LogP contribution >= 0.6 is 27.5 Å². The first-order chi connectivity index (χ1) is 18.3. The second-order valence-corrected chi connectivity index (χ2v) is 10.9. The fraction of sp³-hybridized carbons (Fsp3) is 0.267. The molecular weight excluding hydrogens is 570 g/mol. The monoisotopic (exact) mass is 595 g/mol. The van der Waals surface area contributed by atoms with E-state index in [9.17, 15) is 9.59 Å². The van der Waals surface area contributed by atoms with Gasteiger partial charge < -0.3 is 13.9 Å². The zero-order chi connectivity index (χ0) is 27.0. The molecule has 8 heteroatoms. The molecule has 2 heterocycles. The van der Waals surface area contributed by atoms with Gasteiger partial charge in [0.1, 0.15) is 5.58 Å². The average Bonchev–Trinajstić information content (AvgIpc) is 3.18. The molecule has 0 fully saturated rings. The fourth-order valence-corrected chi connectivity index (χ4v) is 5.20. The maximum Gasteiger partial charge on any atom is 0.295 e. The number of ether oxygens (including phenoxy) is 2. The molecule has 1 atom stereocenters. The summed E-state index contributed by atoms with van der Waals surface area (Å²) < 4.78 is 18.8. The van der Waals surface area contributed by atoms with Gasteiger partial charge in [0.2, 0.25) is 5.76 Å². The van der Waals surface area contributed by atoms with E-state index in [0.717, 1.165) is 10.9 Å². The Morgan fingerprint density at radius 1 is 1.03 bits per heavy atom. The molecule has 38 heavy (non-hydrogen) atoms. The molecule has 6 nitrogen and oxygen atoms in total. The van der Waals surface area contributed by atoms with Crippen molar-refractivity contribution in [1.29, 1.82) is 0 Å². The lowest BCUT2D eigenvalue weighted by Crippen LogP contribution is -2.29. The molecule has 0 saturated carbocycles. The number of rotatable bonds is 8. The Bertz CT molecular complexity index is 1580. The smallest absolute Gasteiger partial charge is 0.295 e. The topological polar surface area (TPSA) is 69.0 Å². The summed E-state index contributed by atoms with van der Waals surface area (Å²) in [6.45, 7) is 7.18. The molecule has 1 aliphatic heterocycles. The largest absolute Gasteiger partial charge is 0.490 e. The molecule has 3 aromatic carbocycles. The van der Waals surface area contributed by atoms with Crippen LogP contribution in [-0.2, 0) is 0 Å². The Morgan fingerprint density at radius 2 is 1.84 bits per heavy atom. The summed E-state index contributed by atoms with van der Waals surface area (Å²) in [5.74, 6) is 1.30. The maximum absolute atomic E-state index is 13.9. The molecule has 1 unspecified atom stereocenters. The van der Waals surface area contributed by atoms with Gasteiger partial charge in [-0.15, -0.1) is 0 Å². The van der Waals surface area contributed by atoms with Crippen LogP contribution < -0.4 is 19.8 Å². The van der Waals surface area contributed by atoms with E-state index in [-0.39, 0.29) is 16.8 Å². The highest BCUT2D eigenvalue weighted by Gasteiger charge is 2.44. The molecule has 5 rings (SSSR count). The first-order valence-corrected chi connectivity index (χ1v) is 13.7. The standard InChI is InChI=1S/C30H27BrClNO5/c1-4-36-25-14-18(8-10-24(25)37-13-12-17(2)3)27-26-28(34)22-16-20(32)9-11-23(22)38-29(26)30(35)33(27)21-7-5-6-19(31)15-21/h5-11,14-17,27H,4,12-13H2,1-3H3. The summed E-state index contributed by atoms with van der Waals surface area (Å²) in [4.78, 5) is 29.3. The summed E-state index contributed by atoms with van der Waals surface area (Å²) >= 11 is 9.71. The summed E-state index contributed by atoms with van der Waals surface area (Å²) in [6, 6.07) is 17.0. The number of carbonyl (C=O) groups is 1. The van der Waals surface area contributed by atoms with Crippen LogP contribution in [0.5, 0.6) is 11.5 Å². The number of fused-ring (bicyclic) bond motifs is 2. The molecule has 0 N–H and O–H groups in total. The maximum atomic E-state index is 13.9. The van der Waals surface area contributed by atoms with Crippen molar-refractivity contribution in [3.05, 3.63) is 97.3 Å². The van der Waals surface area contributed by atoms with Crippen LogP contribution in [0.25, 0.3) is 11.0 Å².